The molecule has 0 spiro atoms. The molecule has 0 radical (unpaired) electrons. The second-order valence-electron chi connectivity index (χ2n) is 6.48. The first-order chi connectivity index (χ1) is 13.1. The van der Waals surface area contributed by atoms with Gasteiger partial charge in [-0.05, 0) is 38.0 Å². The Balaban J connectivity index is 1.88. The molecule has 1 heterocycles. The van der Waals surface area contributed by atoms with Crippen LogP contribution >= 0.6 is 0 Å². The maximum Gasteiger partial charge on any atom is 0.435 e. The number of nitrogens with zero attached hydrogens (tertiary/aromatic N) is 3. The number of anilines is 1. The third-order valence-corrected chi connectivity index (χ3v) is 4.46. The maximum absolute atomic E-state index is 13.0. The van der Waals surface area contributed by atoms with Gasteiger partial charge in [0, 0.05) is 11.6 Å². The van der Waals surface area contributed by atoms with Crippen molar-refractivity contribution < 1.29 is 27.6 Å². The van der Waals surface area contributed by atoms with Gasteiger partial charge in [0.15, 0.2) is 5.69 Å². The van der Waals surface area contributed by atoms with Gasteiger partial charge in [-0.3, -0.25) is 19.6 Å². The minimum absolute atomic E-state index is 0.0748. The fraction of sp³-hybridized carbons (Fsp3) is 0.412. The van der Waals surface area contributed by atoms with E-state index in [9.17, 15) is 28.1 Å². The summed E-state index contributed by atoms with van der Waals surface area (Å²) >= 11 is 0. The van der Waals surface area contributed by atoms with Crippen LogP contribution < -0.4 is 10.1 Å². The summed E-state index contributed by atoms with van der Waals surface area (Å²) in [5.74, 6) is -0.558. The highest BCUT2D eigenvalue weighted by molar-refractivity contribution is 5.95. The molecule has 0 saturated heterocycles. The zero-order chi connectivity index (χ0) is 20.6. The highest BCUT2D eigenvalue weighted by atomic mass is 19.4. The maximum atomic E-state index is 13.0. The number of alkyl halides is 3. The summed E-state index contributed by atoms with van der Waals surface area (Å²) < 4.78 is 45.1. The molecule has 1 aliphatic carbocycles. The molecule has 0 bridgehead atoms. The number of nitrogens with one attached hydrogen (secondary N) is 1. The quantitative estimate of drug-likeness (QED) is 0.588. The predicted octanol–water partition coefficient (Wildman–Crippen LogP) is 3.90. The number of benzene rings is 1. The van der Waals surface area contributed by atoms with Crippen molar-refractivity contribution in [2.45, 2.75) is 37.9 Å². The molecule has 1 N–H and O–H groups in total. The third-order valence-electron chi connectivity index (χ3n) is 4.46. The Bertz CT molecular complexity index is 922. The van der Waals surface area contributed by atoms with E-state index in [-0.39, 0.29) is 17.4 Å². The molecule has 1 saturated carbocycles. The van der Waals surface area contributed by atoms with Crippen molar-refractivity contribution in [3.05, 3.63) is 45.8 Å². The van der Waals surface area contributed by atoms with E-state index < -0.39 is 34.4 Å². The molecule has 0 aliphatic heterocycles. The summed E-state index contributed by atoms with van der Waals surface area (Å²) in [6, 6.07) is 3.74. The molecule has 8 nitrogen and oxygen atoms in total. The van der Waals surface area contributed by atoms with Crippen LogP contribution in [-0.2, 0) is 11.0 Å². The van der Waals surface area contributed by atoms with Crippen molar-refractivity contribution in [1.82, 2.24) is 9.78 Å². The first-order valence-corrected chi connectivity index (χ1v) is 8.41. The van der Waals surface area contributed by atoms with Crippen molar-refractivity contribution >= 4 is 17.3 Å². The molecule has 1 fully saturated rings. The molecule has 3 rings (SSSR count). The molecule has 1 unspecified atom stereocenters. The number of halogens is 3. The van der Waals surface area contributed by atoms with Gasteiger partial charge in [0.1, 0.15) is 17.5 Å². The largest absolute Gasteiger partial charge is 0.496 e. The average Bonchev–Trinajstić information content (AvgIpc) is 3.37. The van der Waals surface area contributed by atoms with Crippen molar-refractivity contribution in [2.24, 2.45) is 0 Å². The van der Waals surface area contributed by atoms with Crippen LogP contribution in [0.1, 0.15) is 43.1 Å². The Morgan fingerprint density at radius 2 is 2.07 bits per heavy atom. The number of aromatic nitrogens is 2. The lowest BCUT2D eigenvalue weighted by Gasteiger charge is -2.16. The number of nitro benzene ring substituents is 1. The monoisotopic (exact) mass is 398 g/mol. The summed E-state index contributed by atoms with van der Waals surface area (Å²) in [4.78, 5) is 23.1. The van der Waals surface area contributed by atoms with E-state index in [0.717, 1.165) is 29.7 Å². The lowest BCUT2D eigenvalue weighted by molar-refractivity contribution is -0.384. The molecule has 1 aromatic carbocycles. The second kappa shape index (κ2) is 7.13. The zero-order valence-corrected chi connectivity index (χ0v) is 15.0. The van der Waals surface area contributed by atoms with E-state index >= 15 is 0 Å². The molecular formula is C17H17F3N4O4. The van der Waals surface area contributed by atoms with Gasteiger partial charge in [-0.25, -0.2) is 0 Å². The van der Waals surface area contributed by atoms with E-state index in [1.165, 1.54) is 26.2 Å². The summed E-state index contributed by atoms with van der Waals surface area (Å²) in [5, 5.41) is 17.2. The van der Waals surface area contributed by atoms with Gasteiger partial charge < -0.3 is 10.1 Å². The van der Waals surface area contributed by atoms with Gasteiger partial charge in [-0.1, -0.05) is 0 Å². The molecule has 1 aliphatic rings. The van der Waals surface area contributed by atoms with Crippen molar-refractivity contribution in [3.8, 4) is 5.75 Å². The van der Waals surface area contributed by atoms with Gasteiger partial charge in [-0.15, -0.1) is 0 Å². The number of nitro groups is 1. The van der Waals surface area contributed by atoms with Gasteiger partial charge >= 0.3 is 6.18 Å². The smallest absolute Gasteiger partial charge is 0.435 e. The van der Waals surface area contributed by atoms with Crippen LogP contribution in [0.15, 0.2) is 24.3 Å². The molecule has 1 atom stereocenters. The SMILES string of the molecule is COc1ccc(NC(=O)C(C)n2nc(C(F)(F)F)cc2C2CC2)c([N+](=O)[O-])c1. The summed E-state index contributed by atoms with van der Waals surface area (Å²) in [6.45, 7) is 1.39. The van der Waals surface area contributed by atoms with Crippen LogP contribution in [0.2, 0.25) is 0 Å². The highest BCUT2D eigenvalue weighted by Crippen LogP contribution is 2.43. The summed E-state index contributed by atoms with van der Waals surface area (Å²) in [6.07, 6.45) is -3.18. The molecule has 11 heteroatoms. The topological polar surface area (TPSA) is 99.3 Å². The Labute approximate surface area is 157 Å². The molecule has 150 valence electrons. The first-order valence-electron chi connectivity index (χ1n) is 8.41. The van der Waals surface area contributed by atoms with E-state index in [1.807, 2.05) is 0 Å². The molecular weight excluding hydrogens is 381 g/mol. The fourth-order valence-electron chi connectivity index (χ4n) is 2.79. The van der Waals surface area contributed by atoms with Gasteiger partial charge in [0.2, 0.25) is 5.91 Å². The number of hydrogen-bond donors (Lipinski definition) is 1. The minimum Gasteiger partial charge on any atom is -0.496 e. The number of amides is 1. The van der Waals surface area contributed by atoms with Crippen LogP contribution in [-0.4, -0.2) is 27.7 Å². The Hall–Kier alpha value is -3.11. The molecule has 28 heavy (non-hydrogen) atoms. The summed E-state index contributed by atoms with van der Waals surface area (Å²) in [5.41, 5.74) is -1.21. The highest BCUT2D eigenvalue weighted by Gasteiger charge is 2.39. The fourth-order valence-corrected chi connectivity index (χ4v) is 2.79. The van der Waals surface area contributed by atoms with E-state index in [0.29, 0.717) is 5.69 Å². The zero-order valence-electron chi connectivity index (χ0n) is 15.0. The Morgan fingerprint density at radius 1 is 1.39 bits per heavy atom. The van der Waals surface area contributed by atoms with Crippen LogP contribution in [0.4, 0.5) is 24.5 Å². The lowest BCUT2D eigenvalue weighted by atomic mass is 10.2. The van der Waals surface area contributed by atoms with Gasteiger partial charge in [0.05, 0.1) is 18.1 Å². The van der Waals surface area contributed by atoms with E-state index in [1.54, 1.807) is 0 Å². The van der Waals surface area contributed by atoms with Crippen molar-refractivity contribution in [2.75, 3.05) is 12.4 Å². The van der Waals surface area contributed by atoms with Crippen molar-refractivity contribution in [3.63, 3.8) is 0 Å². The van der Waals surface area contributed by atoms with Gasteiger partial charge in [0.25, 0.3) is 5.69 Å². The average molecular weight is 398 g/mol. The number of rotatable bonds is 6. The van der Waals surface area contributed by atoms with Gasteiger partial charge in [-0.2, -0.15) is 18.3 Å². The normalized spacial score (nSPS) is 15.2. The standard InChI is InChI=1S/C17H17F3N4O4/c1-9(23-13(10-3-4-10)8-15(22-23)17(18,19)20)16(25)21-12-6-5-11(28-2)7-14(12)24(26)27/h5-10H,3-4H2,1-2H3,(H,21,25). The first kappa shape index (κ1) is 19.6. The number of ether oxygens (including phenoxy) is 1. The molecule has 1 amide bonds. The van der Waals surface area contributed by atoms with Crippen LogP contribution in [0.3, 0.4) is 0 Å². The molecule has 2 aromatic rings. The number of methoxy groups -OCH3 is 1. The van der Waals surface area contributed by atoms with Crippen LogP contribution in [0.5, 0.6) is 5.75 Å². The predicted molar refractivity (Wildman–Crippen MR) is 92.2 cm³/mol. The number of carbonyl (C=O) groups is 1. The van der Waals surface area contributed by atoms with E-state index in [4.69, 9.17) is 4.74 Å². The number of hydrogen-bond acceptors (Lipinski definition) is 5. The number of carbonyl (C=O) groups excluding carboxylic acids is 1. The second-order valence-corrected chi connectivity index (χ2v) is 6.48. The lowest BCUT2D eigenvalue weighted by Crippen LogP contribution is -2.26. The van der Waals surface area contributed by atoms with Crippen molar-refractivity contribution in [1.29, 1.82) is 0 Å². The summed E-state index contributed by atoms with van der Waals surface area (Å²) in [7, 11) is 1.34. The Morgan fingerprint density at radius 3 is 2.61 bits per heavy atom. The van der Waals surface area contributed by atoms with Crippen LogP contribution in [0, 0.1) is 10.1 Å². The third kappa shape index (κ3) is 3.92. The van der Waals surface area contributed by atoms with Crippen LogP contribution in [0.25, 0.3) is 0 Å². The van der Waals surface area contributed by atoms with E-state index in [2.05, 4.69) is 10.4 Å². The minimum atomic E-state index is -4.63. The molecule has 1 aromatic heterocycles. The Kier molecular flexibility index (Phi) is 5.01.